The van der Waals surface area contributed by atoms with Crippen LogP contribution in [0.2, 0.25) is 0 Å². The van der Waals surface area contributed by atoms with Gasteiger partial charge in [-0.25, -0.2) is 0 Å². The molecule has 46 heavy (non-hydrogen) atoms. The zero-order chi connectivity index (χ0) is 33.3. The van der Waals surface area contributed by atoms with Crippen molar-refractivity contribution in [3.63, 3.8) is 0 Å². The normalized spacial score (nSPS) is 16.3. The Morgan fingerprint density at radius 2 is 1.74 bits per heavy atom. The zero-order valence-electron chi connectivity index (χ0n) is 25.4. The molecule has 0 spiro atoms. The molecule has 0 saturated carbocycles. The third-order valence-corrected chi connectivity index (χ3v) is 7.47. The summed E-state index contributed by atoms with van der Waals surface area (Å²) < 4.78 is 97.6. The number of hydrogen-bond donors (Lipinski definition) is 0. The molecule has 248 valence electrons. The van der Waals surface area contributed by atoms with E-state index in [1.807, 2.05) is 43.3 Å². The Morgan fingerprint density at radius 1 is 1.00 bits per heavy atom. The molecule has 0 N–H and O–H groups in total. The predicted molar refractivity (Wildman–Crippen MR) is 159 cm³/mol. The van der Waals surface area contributed by atoms with Crippen molar-refractivity contribution in [3.05, 3.63) is 100 Å². The number of aryl methyl sites for hydroxylation is 1. The second kappa shape index (κ2) is 15.6. The highest BCUT2D eigenvalue weighted by atomic mass is 19.4. The molecule has 1 atom stereocenters. The lowest BCUT2D eigenvalue weighted by atomic mass is 9.98. The molecule has 1 aliphatic rings. The van der Waals surface area contributed by atoms with E-state index in [2.05, 4.69) is 9.88 Å². The van der Waals surface area contributed by atoms with E-state index in [9.17, 15) is 31.1 Å². The highest BCUT2D eigenvalue weighted by Crippen LogP contribution is 2.37. The summed E-state index contributed by atoms with van der Waals surface area (Å²) in [6.45, 7) is 3.89. The van der Waals surface area contributed by atoms with E-state index in [0.29, 0.717) is 50.7 Å². The van der Waals surface area contributed by atoms with Gasteiger partial charge >= 0.3 is 12.4 Å². The minimum Gasteiger partial charge on any atom is -0.467 e. The van der Waals surface area contributed by atoms with Crippen molar-refractivity contribution in [2.24, 2.45) is 0 Å². The number of hydrogen-bond acceptors (Lipinski definition) is 6. The van der Waals surface area contributed by atoms with Crippen LogP contribution in [0.25, 0.3) is 6.08 Å². The Hall–Kier alpha value is -3.94. The standard InChI is InChI=1S/C33H35F6N3O4/c1-23-7-8-25(16-30(23)46-22-45-14-13-44-2)15-29-21-41(10-4-6-24-5-3-9-40-20-24)11-12-42(29)31(43)26-17-27(32(34,35)36)19-28(18-26)33(37,38)39/h3-9,16-20,29H,10-15,21-22H2,1-2H3/b6-4-/t29-/m1/s1. The van der Waals surface area contributed by atoms with Gasteiger partial charge in [0, 0.05) is 57.3 Å². The molecule has 0 radical (unpaired) electrons. The molecular weight excluding hydrogens is 616 g/mol. The lowest BCUT2D eigenvalue weighted by molar-refractivity contribution is -0.143. The highest BCUT2D eigenvalue weighted by Gasteiger charge is 2.39. The maximum absolute atomic E-state index is 13.7. The third kappa shape index (κ3) is 9.78. The molecular formula is C33H35F6N3O4. The number of rotatable bonds is 12. The van der Waals surface area contributed by atoms with Crippen molar-refractivity contribution >= 4 is 12.0 Å². The molecule has 1 fully saturated rings. The van der Waals surface area contributed by atoms with E-state index < -0.39 is 41.0 Å². The van der Waals surface area contributed by atoms with Gasteiger partial charge in [-0.3, -0.25) is 14.7 Å². The Kier molecular flexibility index (Phi) is 11.8. The van der Waals surface area contributed by atoms with Gasteiger partial charge in [0.05, 0.1) is 24.3 Å². The predicted octanol–water partition coefficient (Wildman–Crippen LogP) is 6.51. The second-order valence-electron chi connectivity index (χ2n) is 10.9. The number of pyridine rings is 1. The molecule has 3 aromatic rings. The maximum atomic E-state index is 13.7. The Labute approximate surface area is 263 Å². The number of piperazine rings is 1. The number of nitrogens with zero attached hydrogens (tertiary/aromatic N) is 3. The fraction of sp³-hybridized carbons (Fsp3) is 0.394. The van der Waals surface area contributed by atoms with Crippen molar-refractivity contribution in [2.75, 3.05) is 53.3 Å². The quantitative estimate of drug-likeness (QED) is 0.127. The molecule has 2 aromatic carbocycles. The number of alkyl halides is 6. The Balaban J connectivity index is 1.60. The topological polar surface area (TPSA) is 64.1 Å². The summed E-state index contributed by atoms with van der Waals surface area (Å²) in [5.74, 6) is -0.352. The van der Waals surface area contributed by atoms with Gasteiger partial charge in [-0.05, 0) is 60.4 Å². The molecule has 1 saturated heterocycles. The van der Waals surface area contributed by atoms with Crippen LogP contribution in [0.1, 0.15) is 38.2 Å². The molecule has 13 heteroatoms. The smallest absolute Gasteiger partial charge is 0.416 e. The molecule has 0 bridgehead atoms. The van der Waals surface area contributed by atoms with Gasteiger partial charge in [0.15, 0.2) is 6.79 Å². The lowest BCUT2D eigenvalue weighted by Gasteiger charge is -2.41. The van der Waals surface area contributed by atoms with Crippen molar-refractivity contribution in [1.29, 1.82) is 0 Å². The number of amides is 1. The van der Waals surface area contributed by atoms with Crippen LogP contribution >= 0.6 is 0 Å². The van der Waals surface area contributed by atoms with E-state index in [4.69, 9.17) is 14.2 Å². The van der Waals surface area contributed by atoms with Crippen LogP contribution in [0, 0.1) is 6.92 Å². The summed E-state index contributed by atoms with van der Waals surface area (Å²) in [5, 5.41) is 0. The third-order valence-electron chi connectivity index (χ3n) is 7.47. The molecule has 0 aliphatic carbocycles. The number of halogens is 6. The van der Waals surface area contributed by atoms with E-state index in [1.54, 1.807) is 25.6 Å². The summed E-state index contributed by atoms with van der Waals surface area (Å²) in [5.41, 5.74) is -1.23. The SMILES string of the molecule is COCCOCOc1cc(C[C@@H]2CN(C/C=C\c3cccnc3)CCN2C(=O)c2cc(C(F)(F)F)cc(C(F)(F)F)c2)ccc1C. The molecule has 0 unspecified atom stereocenters. The van der Waals surface area contributed by atoms with Crippen LogP contribution in [0.3, 0.4) is 0 Å². The molecule has 1 aromatic heterocycles. The molecule has 1 amide bonds. The van der Waals surface area contributed by atoms with Gasteiger partial charge < -0.3 is 19.1 Å². The van der Waals surface area contributed by atoms with Crippen molar-refractivity contribution in [2.45, 2.75) is 31.7 Å². The van der Waals surface area contributed by atoms with Gasteiger partial charge in [-0.2, -0.15) is 26.3 Å². The number of ether oxygens (including phenoxy) is 3. The van der Waals surface area contributed by atoms with Crippen molar-refractivity contribution in [1.82, 2.24) is 14.8 Å². The minimum absolute atomic E-state index is 0.0180. The minimum atomic E-state index is -5.07. The van der Waals surface area contributed by atoms with Crippen LogP contribution in [0.15, 0.2) is 67.0 Å². The van der Waals surface area contributed by atoms with Crippen molar-refractivity contribution in [3.8, 4) is 5.75 Å². The summed E-state index contributed by atoms with van der Waals surface area (Å²) in [6.07, 6.45) is -2.65. The first-order valence-electron chi connectivity index (χ1n) is 14.5. The summed E-state index contributed by atoms with van der Waals surface area (Å²) in [4.78, 5) is 21.2. The number of carbonyl (C=O) groups is 1. The molecule has 7 nitrogen and oxygen atoms in total. The van der Waals surface area contributed by atoms with Gasteiger partial charge in [-0.15, -0.1) is 0 Å². The van der Waals surface area contributed by atoms with Crippen molar-refractivity contribution < 1.29 is 45.3 Å². The number of carbonyl (C=O) groups excluding carboxylic acids is 1. The van der Waals surface area contributed by atoms with Crippen LogP contribution in [-0.2, 0) is 28.2 Å². The van der Waals surface area contributed by atoms with Gasteiger partial charge in [0.2, 0.25) is 0 Å². The number of methoxy groups -OCH3 is 1. The number of benzene rings is 2. The molecule has 2 heterocycles. The maximum Gasteiger partial charge on any atom is 0.416 e. The highest BCUT2D eigenvalue weighted by molar-refractivity contribution is 5.95. The van der Waals surface area contributed by atoms with E-state index >= 15 is 0 Å². The van der Waals surface area contributed by atoms with E-state index in [-0.39, 0.29) is 25.8 Å². The summed E-state index contributed by atoms with van der Waals surface area (Å²) in [6, 6.07) is 9.62. The van der Waals surface area contributed by atoms with Crippen LogP contribution in [0.4, 0.5) is 26.3 Å². The van der Waals surface area contributed by atoms with Crippen LogP contribution in [0.5, 0.6) is 5.75 Å². The van der Waals surface area contributed by atoms with Gasteiger partial charge in [0.1, 0.15) is 5.75 Å². The first-order valence-corrected chi connectivity index (χ1v) is 14.5. The Bertz CT molecular complexity index is 1450. The van der Waals surface area contributed by atoms with Crippen LogP contribution < -0.4 is 4.74 Å². The van der Waals surface area contributed by atoms with Crippen LogP contribution in [-0.4, -0.2) is 80.0 Å². The largest absolute Gasteiger partial charge is 0.467 e. The average molecular weight is 652 g/mol. The first-order chi connectivity index (χ1) is 21.8. The molecule has 1 aliphatic heterocycles. The van der Waals surface area contributed by atoms with E-state index in [0.717, 1.165) is 16.7 Å². The summed E-state index contributed by atoms with van der Waals surface area (Å²) in [7, 11) is 1.55. The average Bonchev–Trinajstić information content (AvgIpc) is 3.01. The monoisotopic (exact) mass is 651 g/mol. The Morgan fingerprint density at radius 3 is 2.39 bits per heavy atom. The second-order valence-corrected chi connectivity index (χ2v) is 10.9. The molecule has 4 rings (SSSR count). The number of aromatic nitrogens is 1. The zero-order valence-corrected chi connectivity index (χ0v) is 25.4. The summed E-state index contributed by atoms with van der Waals surface area (Å²) >= 11 is 0. The van der Waals surface area contributed by atoms with Gasteiger partial charge in [0.25, 0.3) is 5.91 Å². The fourth-order valence-corrected chi connectivity index (χ4v) is 5.09. The lowest BCUT2D eigenvalue weighted by Crippen LogP contribution is -2.56. The van der Waals surface area contributed by atoms with Gasteiger partial charge in [-0.1, -0.05) is 30.4 Å². The first kappa shape index (κ1) is 34.9. The fourth-order valence-electron chi connectivity index (χ4n) is 5.09. The van der Waals surface area contributed by atoms with E-state index in [1.165, 1.54) is 4.90 Å².